The lowest BCUT2D eigenvalue weighted by Crippen LogP contribution is -2.27. The fourth-order valence-electron chi connectivity index (χ4n) is 9.07. The Morgan fingerprint density at radius 3 is 1.71 bits per heavy atom. The van der Waals surface area contributed by atoms with Crippen LogP contribution in [0.15, 0.2) is 127 Å². The summed E-state index contributed by atoms with van der Waals surface area (Å²) < 4.78 is 24.6. The number of hydrogen-bond donors (Lipinski definition) is 0. The van der Waals surface area contributed by atoms with Crippen LogP contribution in [0.1, 0.15) is 95.4 Å². The number of esters is 1. The van der Waals surface area contributed by atoms with E-state index in [1.165, 1.54) is 28.3 Å². The lowest BCUT2D eigenvalue weighted by atomic mass is 9.72. The molecule has 2 aliphatic rings. The van der Waals surface area contributed by atoms with Gasteiger partial charge in [-0.3, -0.25) is 10.1 Å². The zero-order chi connectivity index (χ0) is 40.8. The van der Waals surface area contributed by atoms with Gasteiger partial charge in [-0.15, -0.1) is 0 Å². The van der Waals surface area contributed by atoms with Crippen LogP contribution in [0.3, 0.4) is 0 Å². The third-order valence-electron chi connectivity index (χ3n) is 11.7. The Balaban J connectivity index is 1.07. The highest BCUT2D eigenvalue weighted by atomic mass is 16.6. The third-order valence-corrected chi connectivity index (χ3v) is 11.7. The van der Waals surface area contributed by atoms with E-state index in [1.54, 1.807) is 36.4 Å². The van der Waals surface area contributed by atoms with Crippen LogP contribution >= 0.6 is 0 Å². The summed E-state index contributed by atoms with van der Waals surface area (Å²) in [6.07, 6.45) is 1.84. The number of rotatable bonds is 11. The molecule has 2 aliphatic carbocycles. The lowest BCUT2D eigenvalue weighted by molar-refractivity contribution is -0.386. The number of fused-ring (bicyclic) bond motifs is 4. The molecular weight excluding hydrogens is 727 g/mol. The fourth-order valence-corrected chi connectivity index (χ4v) is 9.07. The van der Waals surface area contributed by atoms with E-state index in [0.29, 0.717) is 22.8 Å². The minimum Gasteiger partial charge on any atom is -0.482 e. The third kappa shape index (κ3) is 7.31. The number of ether oxygens (including phenoxy) is 4. The van der Waals surface area contributed by atoms with E-state index in [1.807, 2.05) is 60.7 Å². The van der Waals surface area contributed by atoms with Crippen molar-refractivity contribution in [2.75, 3.05) is 0 Å². The molecule has 8 rings (SSSR count). The number of benzene rings is 6. The normalized spacial score (nSPS) is 17.0. The summed E-state index contributed by atoms with van der Waals surface area (Å²) in [4.78, 5) is 24.2. The van der Waals surface area contributed by atoms with Crippen molar-refractivity contribution >= 4 is 11.7 Å². The van der Waals surface area contributed by atoms with Crippen molar-refractivity contribution in [2.45, 2.75) is 83.8 Å². The van der Waals surface area contributed by atoms with E-state index in [2.05, 4.69) is 65.8 Å². The van der Waals surface area contributed by atoms with Gasteiger partial charge in [0.1, 0.15) is 36.2 Å². The summed E-state index contributed by atoms with van der Waals surface area (Å²) in [5.41, 5.74) is 8.75. The second-order valence-corrected chi connectivity index (χ2v) is 17.0. The second-order valence-electron chi connectivity index (χ2n) is 17.0. The van der Waals surface area contributed by atoms with Crippen molar-refractivity contribution in [3.8, 4) is 28.7 Å². The Hall–Kier alpha value is -6.41. The van der Waals surface area contributed by atoms with Gasteiger partial charge in [0.25, 0.3) is 0 Å². The molecule has 0 heterocycles. The SMILES string of the molecule is Cc1cc2c(cc1Oc1ccc(C(=O)OCc3ccccc3)cc1)C(C)(C)CC21CC(C)(C)c2cc(C)c(Oc3ccc([N+](=O)[O-])c(OCc4ccccc4)c3)cc21. The molecule has 6 aromatic rings. The lowest BCUT2D eigenvalue weighted by Gasteiger charge is -2.31. The maximum atomic E-state index is 12.7. The molecule has 0 N–H and O–H groups in total. The molecule has 6 aromatic carbocycles. The molecule has 0 amide bonds. The highest BCUT2D eigenvalue weighted by Gasteiger charge is 2.56. The standard InChI is InChI=1S/C50H47NO7/c1-32-23-39-42(27-45(32)58-38-21-22-43(51(53)54)46(25-38)55-28-34-13-9-7-10-14-34)50(30-48(39,3)4)31-49(5,6)40-26-44(33(2)24-41(40)50)57-37-19-17-36(18-20-37)47(52)56-29-35-15-11-8-12-16-35/h7-27H,28-31H2,1-6H3. The van der Waals surface area contributed by atoms with Crippen LogP contribution < -0.4 is 14.2 Å². The van der Waals surface area contributed by atoms with Gasteiger partial charge in [0.2, 0.25) is 5.75 Å². The molecule has 58 heavy (non-hydrogen) atoms. The number of nitro groups is 1. The summed E-state index contributed by atoms with van der Waals surface area (Å²) >= 11 is 0. The van der Waals surface area contributed by atoms with Gasteiger partial charge >= 0.3 is 11.7 Å². The predicted octanol–water partition coefficient (Wildman–Crippen LogP) is 12.4. The Bertz CT molecular complexity index is 2530. The molecular formula is C50H47NO7. The highest BCUT2D eigenvalue weighted by Crippen LogP contribution is 2.64. The molecule has 0 saturated carbocycles. The molecule has 0 bridgehead atoms. The minimum absolute atomic E-state index is 0.102. The molecule has 0 aromatic heterocycles. The summed E-state index contributed by atoms with van der Waals surface area (Å²) in [5, 5.41) is 11.9. The molecule has 1 atom stereocenters. The smallest absolute Gasteiger partial charge is 0.338 e. The largest absolute Gasteiger partial charge is 0.482 e. The van der Waals surface area contributed by atoms with Crippen molar-refractivity contribution in [2.24, 2.45) is 0 Å². The number of nitrogens with zero attached hydrogens (tertiary/aromatic N) is 1. The Kier molecular flexibility index (Phi) is 9.84. The molecule has 1 unspecified atom stereocenters. The summed E-state index contributed by atoms with van der Waals surface area (Å²) in [6.45, 7) is 13.8. The summed E-state index contributed by atoms with van der Waals surface area (Å²) in [7, 11) is 0. The first kappa shape index (κ1) is 38.5. The zero-order valence-corrected chi connectivity index (χ0v) is 33.8. The van der Waals surface area contributed by atoms with Crippen LogP contribution in [0.5, 0.6) is 28.7 Å². The van der Waals surface area contributed by atoms with Gasteiger partial charge in [-0.2, -0.15) is 0 Å². The zero-order valence-electron chi connectivity index (χ0n) is 33.8. The van der Waals surface area contributed by atoms with E-state index in [0.717, 1.165) is 40.8 Å². The van der Waals surface area contributed by atoms with E-state index in [4.69, 9.17) is 18.9 Å². The summed E-state index contributed by atoms with van der Waals surface area (Å²) in [5.74, 6) is 2.35. The highest BCUT2D eigenvalue weighted by molar-refractivity contribution is 5.89. The number of carbonyl (C=O) groups is 1. The first-order valence-corrected chi connectivity index (χ1v) is 19.7. The van der Waals surface area contributed by atoms with Gasteiger partial charge in [-0.1, -0.05) is 100 Å². The molecule has 0 aliphatic heterocycles. The average Bonchev–Trinajstić information content (AvgIpc) is 3.55. The van der Waals surface area contributed by atoms with Crippen molar-refractivity contribution < 1.29 is 28.7 Å². The van der Waals surface area contributed by atoms with Gasteiger partial charge in [-0.05, 0) is 124 Å². The van der Waals surface area contributed by atoms with Crippen LogP contribution in [-0.4, -0.2) is 10.9 Å². The van der Waals surface area contributed by atoms with Crippen LogP contribution in [0.25, 0.3) is 0 Å². The molecule has 0 radical (unpaired) electrons. The predicted molar refractivity (Wildman–Crippen MR) is 224 cm³/mol. The van der Waals surface area contributed by atoms with Crippen molar-refractivity contribution in [3.05, 3.63) is 188 Å². The Labute approximate surface area is 339 Å². The van der Waals surface area contributed by atoms with Crippen molar-refractivity contribution in [3.63, 3.8) is 0 Å². The van der Waals surface area contributed by atoms with Crippen LogP contribution in [0.2, 0.25) is 0 Å². The van der Waals surface area contributed by atoms with E-state index in [-0.39, 0.29) is 46.9 Å². The van der Waals surface area contributed by atoms with Gasteiger partial charge in [0.05, 0.1) is 10.5 Å². The molecule has 8 nitrogen and oxygen atoms in total. The number of carbonyl (C=O) groups excluding carboxylic acids is 1. The maximum Gasteiger partial charge on any atom is 0.338 e. The van der Waals surface area contributed by atoms with Crippen LogP contribution in [-0.2, 0) is 34.2 Å². The quantitative estimate of drug-likeness (QED) is 0.0734. The topological polar surface area (TPSA) is 97.1 Å². The van der Waals surface area contributed by atoms with Crippen LogP contribution in [0.4, 0.5) is 5.69 Å². The number of nitro benzene ring substituents is 1. The number of aryl methyl sites for hydroxylation is 2. The van der Waals surface area contributed by atoms with Gasteiger partial charge in [-0.25, -0.2) is 4.79 Å². The molecule has 0 fully saturated rings. The van der Waals surface area contributed by atoms with Gasteiger partial charge in [0.15, 0.2) is 0 Å². The Morgan fingerprint density at radius 2 is 1.10 bits per heavy atom. The fraction of sp³-hybridized carbons (Fsp3) is 0.260. The van der Waals surface area contributed by atoms with E-state index < -0.39 is 4.92 Å². The van der Waals surface area contributed by atoms with Gasteiger partial charge in [0, 0.05) is 17.5 Å². The maximum absolute atomic E-state index is 12.7. The van der Waals surface area contributed by atoms with Crippen LogP contribution in [0, 0.1) is 24.0 Å². The van der Waals surface area contributed by atoms with E-state index >= 15 is 0 Å². The monoisotopic (exact) mass is 773 g/mol. The molecule has 1 spiro atoms. The van der Waals surface area contributed by atoms with E-state index in [9.17, 15) is 14.9 Å². The second kappa shape index (κ2) is 14.8. The minimum atomic E-state index is -0.434. The van der Waals surface area contributed by atoms with Crippen molar-refractivity contribution in [1.82, 2.24) is 0 Å². The van der Waals surface area contributed by atoms with Crippen molar-refractivity contribution in [1.29, 1.82) is 0 Å². The number of hydrogen-bond acceptors (Lipinski definition) is 7. The average molecular weight is 774 g/mol. The summed E-state index contributed by atoms with van der Waals surface area (Å²) in [6, 6.07) is 39.9. The molecule has 0 saturated heterocycles. The first-order chi connectivity index (χ1) is 27.7. The first-order valence-electron chi connectivity index (χ1n) is 19.7. The van der Waals surface area contributed by atoms with Gasteiger partial charge < -0.3 is 18.9 Å². The molecule has 8 heteroatoms. The molecule has 294 valence electrons. The Morgan fingerprint density at radius 1 is 0.603 bits per heavy atom.